The Bertz CT molecular complexity index is 1260. The lowest BCUT2D eigenvalue weighted by atomic mass is 9.98. The van der Waals surface area contributed by atoms with Gasteiger partial charge in [0.1, 0.15) is 0 Å². The Labute approximate surface area is 196 Å². The molecule has 10 heteroatoms. The van der Waals surface area contributed by atoms with E-state index in [2.05, 4.69) is 10.0 Å². The molecular formula is C23H31N3O5S2. The fourth-order valence-electron chi connectivity index (χ4n) is 4.33. The van der Waals surface area contributed by atoms with Crippen LogP contribution < -0.4 is 10.0 Å². The number of anilines is 1. The number of rotatable bonds is 6. The van der Waals surface area contributed by atoms with E-state index in [0.717, 1.165) is 5.56 Å². The van der Waals surface area contributed by atoms with Crippen molar-refractivity contribution in [3.8, 4) is 0 Å². The van der Waals surface area contributed by atoms with Gasteiger partial charge in [-0.15, -0.1) is 0 Å². The highest BCUT2D eigenvalue weighted by Crippen LogP contribution is 2.30. The molecule has 0 spiro atoms. The molecule has 2 aromatic rings. The van der Waals surface area contributed by atoms with Crippen LogP contribution in [0.3, 0.4) is 0 Å². The predicted octanol–water partition coefficient (Wildman–Crippen LogP) is 2.87. The summed E-state index contributed by atoms with van der Waals surface area (Å²) in [5, 5.41) is 2.81. The highest BCUT2D eigenvalue weighted by atomic mass is 32.2. The summed E-state index contributed by atoms with van der Waals surface area (Å²) in [6.45, 7) is 7.71. The van der Waals surface area contributed by atoms with Crippen molar-refractivity contribution in [2.45, 2.75) is 50.3 Å². The molecule has 0 unspecified atom stereocenters. The standard InChI is InChI=1S/C23H31N3O5S2/c1-15-11-17(3)22(18(4)12-15)33(30,31)26-10-6-7-19(14-26)23(27)25-21-13-20(9-8-16(21)2)32(28,29)24-5/h8-9,11-13,19,24H,6-7,10,14H2,1-5H3,(H,25,27)/t19-/m1/s1. The molecule has 2 aromatic carbocycles. The van der Waals surface area contributed by atoms with E-state index in [1.54, 1.807) is 26.8 Å². The average molecular weight is 494 g/mol. The molecule has 33 heavy (non-hydrogen) atoms. The molecule has 1 saturated heterocycles. The van der Waals surface area contributed by atoms with Gasteiger partial charge in [0.05, 0.1) is 15.7 Å². The summed E-state index contributed by atoms with van der Waals surface area (Å²) in [7, 11) is -6.09. The number of hydrogen-bond donors (Lipinski definition) is 2. The maximum atomic E-state index is 13.4. The number of piperidine rings is 1. The molecule has 8 nitrogen and oxygen atoms in total. The van der Waals surface area contributed by atoms with Crippen LogP contribution in [0.15, 0.2) is 40.1 Å². The van der Waals surface area contributed by atoms with Crippen LogP contribution in [0, 0.1) is 33.6 Å². The number of amides is 1. The van der Waals surface area contributed by atoms with Gasteiger partial charge in [0.15, 0.2) is 0 Å². The topological polar surface area (TPSA) is 113 Å². The first-order valence-electron chi connectivity index (χ1n) is 10.8. The Morgan fingerprint density at radius 1 is 0.970 bits per heavy atom. The number of carbonyl (C=O) groups is 1. The first kappa shape index (κ1) is 25.4. The van der Waals surface area contributed by atoms with Gasteiger partial charge in [-0.3, -0.25) is 4.79 Å². The summed E-state index contributed by atoms with van der Waals surface area (Å²) in [5.41, 5.74) is 3.48. The molecule has 1 amide bonds. The minimum Gasteiger partial charge on any atom is -0.326 e. The number of hydrogen-bond acceptors (Lipinski definition) is 5. The molecule has 0 aromatic heterocycles. The second-order valence-corrected chi connectivity index (χ2v) is 12.4. The molecule has 2 N–H and O–H groups in total. The molecule has 3 rings (SSSR count). The second-order valence-electron chi connectivity index (χ2n) is 8.60. The molecule has 1 aliphatic rings. The van der Waals surface area contributed by atoms with E-state index in [-0.39, 0.29) is 17.3 Å². The van der Waals surface area contributed by atoms with Crippen molar-refractivity contribution in [3.63, 3.8) is 0 Å². The molecule has 1 fully saturated rings. The predicted molar refractivity (Wildman–Crippen MR) is 128 cm³/mol. The molecule has 0 radical (unpaired) electrons. The third-order valence-electron chi connectivity index (χ3n) is 6.00. The van der Waals surface area contributed by atoms with Gasteiger partial charge in [0.25, 0.3) is 0 Å². The van der Waals surface area contributed by atoms with Crippen LogP contribution in [0.2, 0.25) is 0 Å². The summed E-state index contributed by atoms with van der Waals surface area (Å²) in [6, 6.07) is 8.21. The normalized spacial score (nSPS) is 17.7. The number of nitrogens with zero attached hydrogens (tertiary/aromatic N) is 1. The van der Waals surface area contributed by atoms with Gasteiger partial charge in [-0.05, 0) is 76.4 Å². The van der Waals surface area contributed by atoms with Crippen LogP contribution in [0.1, 0.15) is 35.1 Å². The molecular weight excluding hydrogens is 462 g/mol. The van der Waals surface area contributed by atoms with Crippen molar-refractivity contribution in [2.24, 2.45) is 5.92 Å². The van der Waals surface area contributed by atoms with Crippen molar-refractivity contribution < 1.29 is 21.6 Å². The fraction of sp³-hybridized carbons (Fsp3) is 0.435. The van der Waals surface area contributed by atoms with Gasteiger partial charge >= 0.3 is 0 Å². The first-order valence-corrected chi connectivity index (χ1v) is 13.7. The molecule has 180 valence electrons. The lowest BCUT2D eigenvalue weighted by molar-refractivity contribution is -0.120. The van der Waals surface area contributed by atoms with Crippen LogP contribution in [-0.4, -0.2) is 47.2 Å². The zero-order chi connectivity index (χ0) is 24.6. The summed E-state index contributed by atoms with van der Waals surface area (Å²) >= 11 is 0. The summed E-state index contributed by atoms with van der Waals surface area (Å²) < 4.78 is 54.7. The van der Waals surface area contributed by atoms with Crippen molar-refractivity contribution in [3.05, 3.63) is 52.6 Å². The van der Waals surface area contributed by atoms with Crippen LogP contribution in [0.5, 0.6) is 0 Å². The van der Waals surface area contributed by atoms with Crippen LogP contribution in [0.25, 0.3) is 0 Å². The maximum absolute atomic E-state index is 13.4. The van der Waals surface area contributed by atoms with Crippen LogP contribution in [0.4, 0.5) is 5.69 Å². The van der Waals surface area contributed by atoms with Crippen LogP contribution in [-0.2, 0) is 24.8 Å². The zero-order valence-corrected chi connectivity index (χ0v) is 21.2. The van der Waals surface area contributed by atoms with E-state index in [9.17, 15) is 21.6 Å². The third kappa shape index (κ3) is 5.29. The summed E-state index contributed by atoms with van der Waals surface area (Å²) in [5.74, 6) is -0.863. The van der Waals surface area contributed by atoms with Gasteiger partial charge in [-0.1, -0.05) is 23.8 Å². The van der Waals surface area contributed by atoms with E-state index in [1.807, 2.05) is 19.1 Å². The van der Waals surface area contributed by atoms with Gasteiger partial charge in [0, 0.05) is 18.8 Å². The molecule has 0 saturated carbocycles. The minimum absolute atomic E-state index is 0.0454. The number of carbonyl (C=O) groups excluding carboxylic acids is 1. The van der Waals surface area contributed by atoms with Crippen molar-refractivity contribution in [1.82, 2.24) is 9.03 Å². The molecule has 1 aliphatic heterocycles. The van der Waals surface area contributed by atoms with E-state index < -0.39 is 26.0 Å². The van der Waals surface area contributed by atoms with Crippen molar-refractivity contribution in [1.29, 1.82) is 0 Å². The Hall–Kier alpha value is -2.27. The smallest absolute Gasteiger partial charge is 0.243 e. The minimum atomic E-state index is -3.75. The average Bonchev–Trinajstić information content (AvgIpc) is 2.74. The van der Waals surface area contributed by atoms with E-state index in [1.165, 1.54) is 23.5 Å². The quantitative estimate of drug-likeness (QED) is 0.643. The molecule has 0 bridgehead atoms. The molecule has 0 aliphatic carbocycles. The lowest BCUT2D eigenvalue weighted by Crippen LogP contribution is -2.44. The number of nitrogens with one attached hydrogen (secondary N) is 2. The van der Waals surface area contributed by atoms with Gasteiger partial charge in [0.2, 0.25) is 26.0 Å². The summed E-state index contributed by atoms with van der Waals surface area (Å²) in [6.07, 6.45) is 1.12. The molecule has 1 heterocycles. The van der Waals surface area contributed by atoms with E-state index in [4.69, 9.17) is 0 Å². The monoisotopic (exact) mass is 493 g/mol. The second kappa shape index (κ2) is 9.54. The van der Waals surface area contributed by atoms with Gasteiger partial charge in [-0.25, -0.2) is 21.6 Å². The van der Waals surface area contributed by atoms with Gasteiger partial charge < -0.3 is 5.32 Å². The summed E-state index contributed by atoms with van der Waals surface area (Å²) in [4.78, 5) is 13.4. The van der Waals surface area contributed by atoms with Crippen molar-refractivity contribution in [2.75, 3.05) is 25.5 Å². The number of benzene rings is 2. The maximum Gasteiger partial charge on any atom is 0.243 e. The highest BCUT2D eigenvalue weighted by Gasteiger charge is 2.35. The third-order valence-corrected chi connectivity index (χ3v) is 9.59. The largest absolute Gasteiger partial charge is 0.326 e. The number of sulfonamides is 2. The Balaban J connectivity index is 1.83. The fourth-order valence-corrected chi connectivity index (χ4v) is 7.02. The SMILES string of the molecule is CNS(=O)(=O)c1ccc(C)c(NC(=O)[C@@H]2CCCN(S(=O)(=O)c3c(C)cc(C)cc3C)C2)c1. The van der Waals surface area contributed by atoms with E-state index in [0.29, 0.717) is 46.7 Å². The Morgan fingerprint density at radius 3 is 2.21 bits per heavy atom. The lowest BCUT2D eigenvalue weighted by Gasteiger charge is -2.32. The zero-order valence-electron chi connectivity index (χ0n) is 19.6. The Morgan fingerprint density at radius 2 is 1.61 bits per heavy atom. The Kier molecular flexibility index (Phi) is 7.33. The first-order chi connectivity index (χ1) is 15.4. The highest BCUT2D eigenvalue weighted by molar-refractivity contribution is 7.89. The number of aryl methyl sites for hydroxylation is 4. The van der Waals surface area contributed by atoms with E-state index >= 15 is 0 Å². The van der Waals surface area contributed by atoms with Crippen LogP contribution >= 0.6 is 0 Å². The van der Waals surface area contributed by atoms with Gasteiger partial charge in [-0.2, -0.15) is 4.31 Å². The van der Waals surface area contributed by atoms with Crippen molar-refractivity contribution >= 4 is 31.6 Å². The molecule has 1 atom stereocenters.